The van der Waals surface area contributed by atoms with Crippen LogP contribution in [0.5, 0.6) is 0 Å². The van der Waals surface area contributed by atoms with Crippen LogP contribution in [0.25, 0.3) is 16.8 Å². The molecule has 0 spiro atoms. The zero-order chi connectivity index (χ0) is 12.7. The number of hydrogen-bond acceptors (Lipinski definition) is 3. The zero-order valence-electron chi connectivity index (χ0n) is 10.1. The van der Waals surface area contributed by atoms with E-state index in [0.717, 1.165) is 22.6 Å². The second kappa shape index (κ2) is 3.80. The van der Waals surface area contributed by atoms with E-state index in [1.165, 1.54) is 0 Å². The predicted octanol–water partition coefficient (Wildman–Crippen LogP) is 1.70. The van der Waals surface area contributed by atoms with Gasteiger partial charge in [-0.3, -0.25) is 14.2 Å². The molecule has 5 nitrogen and oxygen atoms in total. The summed E-state index contributed by atoms with van der Waals surface area (Å²) < 4.78 is 1.82. The number of pyridine rings is 1. The van der Waals surface area contributed by atoms with Gasteiger partial charge in [0.1, 0.15) is 5.52 Å². The third-order valence-electron chi connectivity index (χ3n) is 3.10. The number of H-pyrrole nitrogens is 1. The van der Waals surface area contributed by atoms with Crippen LogP contribution in [-0.2, 0) is 0 Å². The normalized spacial score (nSPS) is 11.0. The molecule has 0 amide bonds. The lowest BCUT2D eigenvalue weighted by atomic mass is 10.1. The summed E-state index contributed by atoms with van der Waals surface area (Å²) in [5.74, 6) is 0. The second-order valence-electron chi connectivity index (χ2n) is 4.20. The minimum absolute atomic E-state index is 0.123. The molecule has 0 aliphatic rings. The molecule has 90 valence electrons. The van der Waals surface area contributed by atoms with Crippen LogP contribution < -0.4 is 5.56 Å². The number of aromatic amines is 1. The third-order valence-corrected chi connectivity index (χ3v) is 3.10. The molecule has 0 saturated carbocycles. The van der Waals surface area contributed by atoms with Crippen LogP contribution in [0.15, 0.2) is 35.6 Å². The van der Waals surface area contributed by atoms with Crippen LogP contribution in [0.4, 0.5) is 0 Å². The van der Waals surface area contributed by atoms with Gasteiger partial charge >= 0.3 is 0 Å². The molecule has 0 aromatic carbocycles. The maximum Gasteiger partial charge on any atom is 0.274 e. The third kappa shape index (κ3) is 1.44. The van der Waals surface area contributed by atoms with Gasteiger partial charge in [0.2, 0.25) is 0 Å². The molecule has 0 aliphatic carbocycles. The van der Waals surface area contributed by atoms with E-state index < -0.39 is 0 Å². The largest absolute Gasteiger partial charge is 0.319 e. The van der Waals surface area contributed by atoms with E-state index in [2.05, 4.69) is 15.0 Å². The zero-order valence-corrected chi connectivity index (χ0v) is 10.1. The van der Waals surface area contributed by atoms with Crippen molar-refractivity contribution in [1.82, 2.24) is 19.4 Å². The Morgan fingerprint density at radius 2 is 1.94 bits per heavy atom. The monoisotopic (exact) mass is 240 g/mol. The lowest BCUT2D eigenvalue weighted by Crippen LogP contribution is -2.13. The van der Waals surface area contributed by atoms with Gasteiger partial charge in [0.15, 0.2) is 0 Å². The molecule has 0 unspecified atom stereocenters. The smallest absolute Gasteiger partial charge is 0.274 e. The van der Waals surface area contributed by atoms with E-state index in [9.17, 15) is 4.79 Å². The molecule has 3 heterocycles. The Bertz CT molecular complexity index is 771. The molecule has 5 heteroatoms. The number of aromatic nitrogens is 4. The fourth-order valence-electron chi connectivity index (χ4n) is 2.15. The summed E-state index contributed by atoms with van der Waals surface area (Å²) in [4.78, 5) is 23.2. The van der Waals surface area contributed by atoms with Crippen LogP contribution in [-0.4, -0.2) is 19.4 Å². The van der Waals surface area contributed by atoms with Gasteiger partial charge in [-0.2, -0.15) is 0 Å². The summed E-state index contributed by atoms with van der Waals surface area (Å²) in [6.45, 7) is 3.79. The lowest BCUT2D eigenvalue weighted by molar-refractivity contribution is 1.02. The topological polar surface area (TPSA) is 63.1 Å². The maximum atomic E-state index is 12.1. The maximum absolute atomic E-state index is 12.1. The van der Waals surface area contributed by atoms with Gasteiger partial charge in [0.05, 0.1) is 17.7 Å². The Morgan fingerprint density at radius 3 is 2.67 bits per heavy atom. The van der Waals surface area contributed by atoms with E-state index >= 15 is 0 Å². The quantitative estimate of drug-likeness (QED) is 0.704. The number of imidazole rings is 1. The summed E-state index contributed by atoms with van der Waals surface area (Å²) >= 11 is 0. The molecular formula is C13H12N4O. The summed E-state index contributed by atoms with van der Waals surface area (Å²) in [6, 6.07) is 3.74. The van der Waals surface area contributed by atoms with Crippen molar-refractivity contribution in [2.24, 2.45) is 0 Å². The van der Waals surface area contributed by atoms with Crippen molar-refractivity contribution in [1.29, 1.82) is 0 Å². The first-order chi connectivity index (χ1) is 8.68. The van der Waals surface area contributed by atoms with Crippen molar-refractivity contribution in [2.75, 3.05) is 0 Å². The number of fused-ring (bicyclic) bond motifs is 1. The standard InChI is InChI=1S/C13H12N4O/c1-8-12-13(18)16-11(9(2)17(12)7-15-8)10-3-5-14-6-4-10/h3-7H,1-2H3,(H,16,18). The van der Waals surface area contributed by atoms with Crippen molar-refractivity contribution in [3.63, 3.8) is 0 Å². The average molecular weight is 240 g/mol. The molecule has 3 aromatic heterocycles. The Morgan fingerprint density at radius 1 is 1.22 bits per heavy atom. The molecule has 3 aromatic rings. The first-order valence-corrected chi connectivity index (χ1v) is 5.65. The van der Waals surface area contributed by atoms with E-state index in [4.69, 9.17) is 0 Å². The van der Waals surface area contributed by atoms with Crippen molar-refractivity contribution < 1.29 is 0 Å². The molecule has 3 rings (SSSR count). The van der Waals surface area contributed by atoms with Crippen LogP contribution in [0.3, 0.4) is 0 Å². The predicted molar refractivity (Wildman–Crippen MR) is 68.5 cm³/mol. The van der Waals surface area contributed by atoms with Crippen molar-refractivity contribution in [3.05, 3.63) is 52.6 Å². The molecule has 0 fully saturated rings. The summed E-state index contributed by atoms with van der Waals surface area (Å²) in [5.41, 5.74) is 3.91. The molecule has 1 N–H and O–H groups in total. The average Bonchev–Trinajstić information content (AvgIpc) is 2.78. The highest BCUT2D eigenvalue weighted by molar-refractivity contribution is 5.64. The lowest BCUT2D eigenvalue weighted by Gasteiger charge is -2.08. The van der Waals surface area contributed by atoms with Crippen LogP contribution >= 0.6 is 0 Å². The number of nitrogens with zero attached hydrogens (tertiary/aromatic N) is 3. The highest BCUT2D eigenvalue weighted by Gasteiger charge is 2.11. The molecular weight excluding hydrogens is 228 g/mol. The minimum Gasteiger partial charge on any atom is -0.319 e. The van der Waals surface area contributed by atoms with E-state index in [1.807, 2.05) is 30.4 Å². The summed E-state index contributed by atoms with van der Waals surface area (Å²) in [5, 5.41) is 0. The SMILES string of the molecule is Cc1ncn2c(C)c(-c3ccncc3)[nH]c(=O)c12. The Kier molecular flexibility index (Phi) is 2.26. The number of nitrogens with one attached hydrogen (secondary N) is 1. The number of aryl methyl sites for hydroxylation is 2. The van der Waals surface area contributed by atoms with Gasteiger partial charge in [0.25, 0.3) is 5.56 Å². The second-order valence-corrected chi connectivity index (χ2v) is 4.20. The van der Waals surface area contributed by atoms with Gasteiger partial charge in [-0.25, -0.2) is 4.98 Å². The first-order valence-electron chi connectivity index (χ1n) is 5.65. The van der Waals surface area contributed by atoms with E-state index in [-0.39, 0.29) is 5.56 Å². The minimum atomic E-state index is -0.123. The molecule has 0 atom stereocenters. The highest BCUT2D eigenvalue weighted by atomic mass is 16.1. The van der Waals surface area contributed by atoms with Gasteiger partial charge in [0, 0.05) is 23.7 Å². The van der Waals surface area contributed by atoms with Gasteiger partial charge in [-0.1, -0.05) is 0 Å². The van der Waals surface area contributed by atoms with Gasteiger partial charge in [-0.05, 0) is 26.0 Å². The molecule has 0 aliphatic heterocycles. The fourth-order valence-corrected chi connectivity index (χ4v) is 2.15. The number of hydrogen-bond donors (Lipinski definition) is 1. The van der Waals surface area contributed by atoms with Crippen LogP contribution in [0.1, 0.15) is 11.4 Å². The van der Waals surface area contributed by atoms with Crippen molar-refractivity contribution in [2.45, 2.75) is 13.8 Å². The van der Waals surface area contributed by atoms with Crippen LogP contribution in [0.2, 0.25) is 0 Å². The molecule has 0 bridgehead atoms. The van der Waals surface area contributed by atoms with Crippen LogP contribution in [0, 0.1) is 13.8 Å². The number of rotatable bonds is 1. The first kappa shape index (κ1) is 10.7. The van der Waals surface area contributed by atoms with Crippen molar-refractivity contribution >= 4 is 5.52 Å². The molecule has 18 heavy (non-hydrogen) atoms. The molecule has 0 radical (unpaired) electrons. The fraction of sp³-hybridized carbons (Fsp3) is 0.154. The van der Waals surface area contributed by atoms with Crippen molar-refractivity contribution in [3.8, 4) is 11.3 Å². The summed E-state index contributed by atoms with van der Waals surface area (Å²) in [6.07, 6.45) is 5.09. The van der Waals surface area contributed by atoms with Gasteiger partial charge < -0.3 is 4.98 Å². The van der Waals surface area contributed by atoms with E-state index in [0.29, 0.717) is 5.52 Å². The van der Waals surface area contributed by atoms with E-state index in [1.54, 1.807) is 18.7 Å². The Labute approximate surface area is 103 Å². The molecule has 0 saturated heterocycles. The Balaban J connectivity index is 2.40. The van der Waals surface area contributed by atoms with Gasteiger partial charge in [-0.15, -0.1) is 0 Å². The summed E-state index contributed by atoms with van der Waals surface area (Å²) in [7, 11) is 0. The Hall–Kier alpha value is -2.43. The highest BCUT2D eigenvalue weighted by Crippen LogP contribution is 2.20.